The molecule has 2 unspecified atom stereocenters. The zero-order valence-electron chi connectivity index (χ0n) is 12.8. The van der Waals surface area contributed by atoms with Crippen LogP contribution in [0.5, 0.6) is 0 Å². The minimum absolute atomic E-state index is 0.270. The zero-order chi connectivity index (χ0) is 15.5. The monoisotopic (exact) mass is 323 g/mol. The molecule has 4 nitrogen and oxygen atoms in total. The number of aliphatic hydroxyl groups excluding tert-OH is 1. The number of amidine groups is 1. The number of hydrogen-bond acceptors (Lipinski definition) is 5. The lowest BCUT2D eigenvalue weighted by Crippen LogP contribution is -2.48. The van der Waals surface area contributed by atoms with Crippen LogP contribution in [-0.2, 0) is 0 Å². The molecule has 0 radical (unpaired) electrons. The van der Waals surface area contributed by atoms with Crippen LogP contribution in [0.2, 0.25) is 0 Å². The van der Waals surface area contributed by atoms with Gasteiger partial charge in [0.05, 0.1) is 12.6 Å². The van der Waals surface area contributed by atoms with Crippen molar-refractivity contribution < 1.29 is 9.50 Å². The number of rotatable bonds is 3. The maximum atomic E-state index is 12.9. The molecule has 2 atom stereocenters. The van der Waals surface area contributed by atoms with E-state index in [1.807, 2.05) is 11.8 Å². The summed E-state index contributed by atoms with van der Waals surface area (Å²) in [4.78, 5) is 9.18. The van der Waals surface area contributed by atoms with Crippen molar-refractivity contribution in [2.75, 3.05) is 39.3 Å². The molecule has 1 aromatic rings. The van der Waals surface area contributed by atoms with Gasteiger partial charge in [-0.25, -0.2) is 4.39 Å². The summed E-state index contributed by atoms with van der Waals surface area (Å²) in [5.74, 6) is -0.270. The van der Waals surface area contributed by atoms with Crippen molar-refractivity contribution in [3.05, 3.63) is 35.6 Å². The summed E-state index contributed by atoms with van der Waals surface area (Å²) in [6.45, 7) is 7.47. The van der Waals surface area contributed by atoms with Gasteiger partial charge in [0.2, 0.25) is 0 Å². The highest BCUT2D eigenvalue weighted by Gasteiger charge is 2.25. The van der Waals surface area contributed by atoms with Gasteiger partial charge in [-0.05, 0) is 17.7 Å². The van der Waals surface area contributed by atoms with Crippen molar-refractivity contribution >= 4 is 16.9 Å². The van der Waals surface area contributed by atoms with Crippen molar-refractivity contribution in [2.24, 2.45) is 4.99 Å². The molecule has 2 aliphatic rings. The smallest absolute Gasteiger partial charge is 0.159 e. The molecule has 2 heterocycles. The molecule has 1 saturated heterocycles. The summed E-state index contributed by atoms with van der Waals surface area (Å²) in [7, 11) is 0. The third-order valence-electron chi connectivity index (χ3n) is 4.12. The number of hydrogen-bond donors (Lipinski definition) is 1. The van der Waals surface area contributed by atoms with E-state index in [9.17, 15) is 9.50 Å². The van der Waals surface area contributed by atoms with Crippen molar-refractivity contribution in [2.45, 2.75) is 18.3 Å². The first kappa shape index (κ1) is 15.8. The van der Waals surface area contributed by atoms with Gasteiger partial charge in [-0.3, -0.25) is 9.89 Å². The fourth-order valence-electron chi connectivity index (χ4n) is 2.79. The Morgan fingerprint density at radius 2 is 1.95 bits per heavy atom. The lowest BCUT2D eigenvalue weighted by molar-refractivity contribution is 0.0904. The quantitative estimate of drug-likeness (QED) is 0.923. The van der Waals surface area contributed by atoms with E-state index in [4.69, 9.17) is 0 Å². The molecule has 0 spiro atoms. The molecule has 0 saturated carbocycles. The number of aliphatic imine (C=N–C) groups is 1. The molecule has 3 rings (SSSR count). The second-order valence-corrected chi connectivity index (χ2v) is 7.31. The van der Waals surface area contributed by atoms with Crippen LogP contribution >= 0.6 is 11.8 Å². The number of aliphatic hydroxyl groups is 1. The summed E-state index contributed by atoms with van der Waals surface area (Å²) in [5.41, 5.74) is 0.772. The van der Waals surface area contributed by atoms with Gasteiger partial charge >= 0.3 is 0 Å². The van der Waals surface area contributed by atoms with E-state index >= 15 is 0 Å². The highest BCUT2D eigenvalue weighted by atomic mass is 32.2. The Morgan fingerprint density at radius 1 is 1.27 bits per heavy atom. The van der Waals surface area contributed by atoms with Crippen LogP contribution in [0.4, 0.5) is 4.39 Å². The van der Waals surface area contributed by atoms with Gasteiger partial charge in [0.1, 0.15) is 5.82 Å². The van der Waals surface area contributed by atoms with Crippen molar-refractivity contribution in [3.63, 3.8) is 0 Å². The molecule has 1 N–H and O–H groups in total. The Hall–Kier alpha value is -1.11. The summed E-state index contributed by atoms with van der Waals surface area (Å²) in [6.07, 6.45) is -0.564. The van der Waals surface area contributed by atoms with Crippen LogP contribution < -0.4 is 0 Å². The SMILES string of the molecule is CC1CN=C(N2CCN(CC(O)c3ccc(F)cc3)CC2)S1. The van der Waals surface area contributed by atoms with Crippen molar-refractivity contribution in [3.8, 4) is 0 Å². The van der Waals surface area contributed by atoms with E-state index in [0.717, 1.165) is 38.3 Å². The highest BCUT2D eigenvalue weighted by molar-refractivity contribution is 8.14. The van der Waals surface area contributed by atoms with Crippen molar-refractivity contribution in [1.29, 1.82) is 0 Å². The number of halogens is 1. The molecule has 120 valence electrons. The van der Waals surface area contributed by atoms with Crippen LogP contribution in [0.3, 0.4) is 0 Å². The summed E-state index contributed by atoms with van der Waals surface area (Å²) in [5, 5.41) is 12.0. The predicted octanol–water partition coefficient (Wildman–Crippen LogP) is 1.97. The molecular formula is C16H22FN3OS. The van der Waals surface area contributed by atoms with E-state index in [1.54, 1.807) is 12.1 Å². The van der Waals surface area contributed by atoms with Crippen molar-refractivity contribution in [1.82, 2.24) is 9.80 Å². The average molecular weight is 323 g/mol. The standard InChI is InChI=1S/C16H22FN3OS/c1-12-10-18-16(22-12)20-8-6-19(7-9-20)11-15(21)13-2-4-14(17)5-3-13/h2-5,12,15,21H,6-11H2,1H3. The molecule has 1 aromatic carbocycles. The zero-order valence-corrected chi connectivity index (χ0v) is 13.6. The molecule has 0 aliphatic carbocycles. The van der Waals surface area contributed by atoms with Gasteiger partial charge in [-0.1, -0.05) is 30.8 Å². The molecule has 2 aliphatic heterocycles. The molecule has 6 heteroatoms. The molecule has 22 heavy (non-hydrogen) atoms. The Kier molecular flexibility index (Phi) is 5.00. The predicted molar refractivity (Wildman–Crippen MR) is 88.7 cm³/mol. The number of nitrogens with zero attached hydrogens (tertiary/aromatic N) is 3. The van der Waals surface area contributed by atoms with Gasteiger partial charge in [0.25, 0.3) is 0 Å². The lowest BCUT2D eigenvalue weighted by Gasteiger charge is -2.36. The van der Waals surface area contributed by atoms with Gasteiger partial charge in [-0.2, -0.15) is 0 Å². The largest absolute Gasteiger partial charge is 0.387 e. The van der Waals surface area contributed by atoms with Crippen LogP contribution in [0.25, 0.3) is 0 Å². The van der Waals surface area contributed by atoms with Crippen LogP contribution in [0.1, 0.15) is 18.6 Å². The third-order valence-corrected chi connectivity index (χ3v) is 5.27. The third kappa shape index (κ3) is 3.80. The van der Waals surface area contributed by atoms with Gasteiger partial charge in [0.15, 0.2) is 5.17 Å². The van der Waals surface area contributed by atoms with Crippen LogP contribution in [-0.4, -0.2) is 64.6 Å². The Bertz CT molecular complexity index is 529. The average Bonchev–Trinajstić information content (AvgIpc) is 2.95. The van der Waals surface area contributed by atoms with E-state index in [1.165, 1.54) is 17.3 Å². The summed E-state index contributed by atoms with van der Waals surface area (Å²) >= 11 is 1.86. The Morgan fingerprint density at radius 3 is 2.55 bits per heavy atom. The lowest BCUT2D eigenvalue weighted by atomic mass is 10.1. The Balaban J connectivity index is 1.48. The first-order valence-electron chi connectivity index (χ1n) is 7.74. The minimum atomic E-state index is -0.564. The minimum Gasteiger partial charge on any atom is -0.387 e. The normalized spacial score (nSPS) is 24.4. The molecule has 0 aromatic heterocycles. The van der Waals surface area contributed by atoms with E-state index in [2.05, 4.69) is 21.7 Å². The summed E-state index contributed by atoms with van der Waals surface area (Å²) < 4.78 is 12.9. The molecule has 1 fully saturated rings. The van der Waals surface area contributed by atoms with Gasteiger partial charge < -0.3 is 10.0 Å². The number of benzene rings is 1. The van der Waals surface area contributed by atoms with E-state index in [0.29, 0.717) is 11.8 Å². The fourth-order valence-corrected chi connectivity index (χ4v) is 3.78. The van der Waals surface area contributed by atoms with Crippen LogP contribution in [0, 0.1) is 5.82 Å². The Labute approximate surface area is 135 Å². The topological polar surface area (TPSA) is 39.1 Å². The van der Waals surface area contributed by atoms with E-state index < -0.39 is 6.10 Å². The first-order valence-corrected chi connectivity index (χ1v) is 8.62. The maximum absolute atomic E-state index is 12.9. The van der Waals surface area contributed by atoms with Gasteiger partial charge in [0, 0.05) is 38.0 Å². The second kappa shape index (κ2) is 6.98. The highest BCUT2D eigenvalue weighted by Crippen LogP contribution is 2.24. The van der Waals surface area contributed by atoms with Crippen LogP contribution in [0.15, 0.2) is 29.3 Å². The fraction of sp³-hybridized carbons (Fsp3) is 0.562. The number of β-amino-alcohol motifs (C(OH)–C–C–N with tert-alkyl or cyclic N) is 1. The molecular weight excluding hydrogens is 301 g/mol. The number of piperazine rings is 1. The first-order chi connectivity index (χ1) is 10.6. The maximum Gasteiger partial charge on any atom is 0.159 e. The summed E-state index contributed by atoms with van der Waals surface area (Å²) in [6, 6.07) is 6.10. The van der Waals surface area contributed by atoms with E-state index in [-0.39, 0.29) is 5.82 Å². The second-order valence-electron chi connectivity index (χ2n) is 5.91. The molecule has 0 bridgehead atoms. The number of thioether (sulfide) groups is 1. The van der Waals surface area contributed by atoms with Gasteiger partial charge in [-0.15, -0.1) is 0 Å². The molecule has 0 amide bonds.